The van der Waals surface area contributed by atoms with Crippen LogP contribution in [0.25, 0.3) is 0 Å². The van der Waals surface area contributed by atoms with Crippen LogP contribution >= 0.6 is 0 Å². The summed E-state index contributed by atoms with van der Waals surface area (Å²) in [5.41, 5.74) is 0. The smallest absolute Gasteiger partial charge is 0.377 e. The molecule has 0 bridgehead atoms. The number of ether oxygens (including phenoxy) is 5. The van der Waals surface area contributed by atoms with Crippen molar-refractivity contribution in [2.75, 3.05) is 46.2 Å². The Kier molecular flexibility index (Phi) is 23.9. The van der Waals surface area contributed by atoms with E-state index in [9.17, 15) is 9.90 Å². The topological polar surface area (TPSA) is 83.5 Å². The van der Waals surface area contributed by atoms with Gasteiger partial charge in [-0.1, -0.05) is 115 Å². The zero-order chi connectivity index (χ0) is 29.0. The lowest BCUT2D eigenvalue weighted by Gasteiger charge is -2.30. The number of carboxylic acid groups (broad SMARTS) is 1. The van der Waals surface area contributed by atoms with Crippen molar-refractivity contribution in [3.8, 4) is 5.75 Å². The number of rotatable bonds is 30. The first-order valence-electron chi connectivity index (χ1n) is 16.0. The molecule has 0 heterocycles. The highest BCUT2D eigenvalue weighted by atomic mass is 16.7. The van der Waals surface area contributed by atoms with Gasteiger partial charge >= 0.3 is 11.8 Å². The Morgan fingerprint density at radius 2 is 1.07 bits per heavy atom. The molecule has 7 heteroatoms. The summed E-state index contributed by atoms with van der Waals surface area (Å²) in [6, 6.07) is 9.02. The Hall–Kier alpha value is -1.67. The summed E-state index contributed by atoms with van der Waals surface area (Å²) < 4.78 is 28.0. The van der Waals surface area contributed by atoms with E-state index < -0.39 is 11.8 Å². The van der Waals surface area contributed by atoms with E-state index in [0.29, 0.717) is 38.8 Å². The third-order valence-corrected chi connectivity index (χ3v) is 6.97. The van der Waals surface area contributed by atoms with Gasteiger partial charge in [0.15, 0.2) is 0 Å². The molecule has 0 saturated heterocycles. The fraction of sp³-hybridized carbons (Fsp3) is 0.788. The van der Waals surface area contributed by atoms with Crippen molar-refractivity contribution in [3.05, 3.63) is 30.3 Å². The number of hydrogen-bond acceptors (Lipinski definition) is 6. The van der Waals surface area contributed by atoms with E-state index >= 15 is 0 Å². The first-order valence-corrected chi connectivity index (χ1v) is 16.0. The minimum Gasteiger partial charge on any atom is -0.476 e. The van der Waals surface area contributed by atoms with Gasteiger partial charge in [-0.2, -0.15) is 0 Å². The molecule has 0 amide bonds. The molecule has 0 fully saturated rings. The average molecular weight is 567 g/mol. The van der Waals surface area contributed by atoms with Crippen molar-refractivity contribution < 1.29 is 33.6 Å². The number of hydrogen-bond donors (Lipinski definition) is 1. The van der Waals surface area contributed by atoms with Crippen LogP contribution in [0.1, 0.15) is 117 Å². The molecule has 1 unspecified atom stereocenters. The van der Waals surface area contributed by atoms with E-state index in [-0.39, 0.29) is 19.6 Å². The van der Waals surface area contributed by atoms with Crippen LogP contribution in [0.3, 0.4) is 0 Å². The number of benzene rings is 1. The van der Waals surface area contributed by atoms with Gasteiger partial charge in [-0.15, -0.1) is 0 Å². The monoisotopic (exact) mass is 566 g/mol. The van der Waals surface area contributed by atoms with E-state index in [0.717, 1.165) is 19.3 Å². The molecule has 0 aliphatic heterocycles. The maximum Gasteiger partial charge on any atom is 0.377 e. The highest BCUT2D eigenvalue weighted by Crippen LogP contribution is 2.26. The Morgan fingerprint density at radius 1 is 0.625 bits per heavy atom. The van der Waals surface area contributed by atoms with Gasteiger partial charge in [0.1, 0.15) is 5.75 Å². The number of aliphatic carboxylic acids is 1. The third kappa shape index (κ3) is 19.4. The summed E-state index contributed by atoms with van der Waals surface area (Å²) in [4.78, 5) is 12.4. The molecule has 232 valence electrons. The van der Waals surface area contributed by atoms with Gasteiger partial charge in [0.2, 0.25) is 0 Å². The van der Waals surface area contributed by atoms with Crippen LogP contribution in [-0.2, 0) is 23.7 Å². The van der Waals surface area contributed by atoms with Crippen LogP contribution in [-0.4, -0.2) is 63.1 Å². The molecular formula is C33H58O7. The summed E-state index contributed by atoms with van der Waals surface area (Å²) in [5, 5.41) is 10.1. The highest BCUT2D eigenvalue weighted by molar-refractivity contribution is 5.76. The second-order valence-corrected chi connectivity index (χ2v) is 10.4. The lowest BCUT2D eigenvalue weighted by atomic mass is 10.0. The van der Waals surface area contributed by atoms with Crippen molar-refractivity contribution in [3.63, 3.8) is 0 Å². The number of carbonyl (C=O) groups is 1. The average Bonchev–Trinajstić information content (AvgIpc) is 2.96. The molecule has 0 aliphatic rings. The van der Waals surface area contributed by atoms with Crippen LogP contribution in [0.5, 0.6) is 5.75 Å². The van der Waals surface area contributed by atoms with Crippen LogP contribution in [0.4, 0.5) is 0 Å². The molecule has 0 saturated carbocycles. The maximum absolute atomic E-state index is 12.4. The SMILES string of the molecule is CCCCCCCCCCCCCCCCCC(OCCOCCOCCOCC)(Oc1ccccc1)C(=O)O. The van der Waals surface area contributed by atoms with Gasteiger partial charge in [-0.05, 0) is 25.5 Å². The third-order valence-electron chi connectivity index (χ3n) is 6.97. The molecule has 0 spiro atoms. The van der Waals surface area contributed by atoms with Crippen molar-refractivity contribution in [1.29, 1.82) is 0 Å². The van der Waals surface area contributed by atoms with E-state index in [4.69, 9.17) is 23.7 Å². The van der Waals surface area contributed by atoms with E-state index in [1.165, 1.54) is 77.0 Å². The van der Waals surface area contributed by atoms with Crippen molar-refractivity contribution in [2.24, 2.45) is 0 Å². The van der Waals surface area contributed by atoms with E-state index in [2.05, 4.69) is 6.92 Å². The van der Waals surface area contributed by atoms with E-state index in [1.54, 1.807) is 12.1 Å². The Labute approximate surface area is 244 Å². The predicted octanol–water partition coefficient (Wildman–Crippen LogP) is 8.19. The molecule has 0 aromatic heterocycles. The van der Waals surface area contributed by atoms with Gasteiger partial charge in [-0.25, -0.2) is 4.79 Å². The number of unbranched alkanes of at least 4 members (excludes halogenated alkanes) is 14. The molecule has 0 aliphatic carbocycles. The van der Waals surface area contributed by atoms with Crippen molar-refractivity contribution >= 4 is 5.97 Å². The fourth-order valence-corrected chi connectivity index (χ4v) is 4.62. The quantitative estimate of drug-likeness (QED) is 0.0742. The van der Waals surface area contributed by atoms with Gasteiger partial charge in [-0.3, -0.25) is 0 Å². The van der Waals surface area contributed by atoms with Crippen LogP contribution in [0, 0.1) is 0 Å². The van der Waals surface area contributed by atoms with Crippen molar-refractivity contribution in [1.82, 2.24) is 0 Å². The lowest BCUT2D eigenvalue weighted by Crippen LogP contribution is -2.48. The minimum atomic E-state index is -1.73. The number of carboxylic acids is 1. The van der Waals surface area contributed by atoms with E-state index in [1.807, 2.05) is 25.1 Å². The molecule has 40 heavy (non-hydrogen) atoms. The lowest BCUT2D eigenvalue weighted by molar-refractivity contribution is -0.218. The largest absolute Gasteiger partial charge is 0.476 e. The summed E-state index contributed by atoms with van der Waals surface area (Å²) in [6.45, 7) is 7.23. The first kappa shape index (κ1) is 36.4. The zero-order valence-corrected chi connectivity index (χ0v) is 25.5. The molecular weight excluding hydrogens is 508 g/mol. The Morgan fingerprint density at radius 3 is 1.55 bits per heavy atom. The first-order chi connectivity index (χ1) is 19.6. The molecule has 7 nitrogen and oxygen atoms in total. The summed E-state index contributed by atoms with van der Waals surface area (Å²) in [6.07, 6.45) is 19.2. The van der Waals surface area contributed by atoms with Crippen LogP contribution in [0.2, 0.25) is 0 Å². The molecule has 0 radical (unpaired) electrons. The molecule has 1 atom stereocenters. The highest BCUT2D eigenvalue weighted by Gasteiger charge is 2.42. The minimum absolute atomic E-state index is 0.122. The van der Waals surface area contributed by atoms with Crippen molar-refractivity contribution in [2.45, 2.75) is 122 Å². The summed E-state index contributed by atoms with van der Waals surface area (Å²) >= 11 is 0. The second kappa shape index (κ2) is 26.2. The van der Waals surface area contributed by atoms with Gasteiger partial charge < -0.3 is 28.8 Å². The summed E-state index contributed by atoms with van der Waals surface area (Å²) in [7, 11) is 0. The molecule has 1 rings (SSSR count). The van der Waals surface area contributed by atoms with Gasteiger partial charge in [0, 0.05) is 13.0 Å². The second-order valence-electron chi connectivity index (χ2n) is 10.4. The zero-order valence-electron chi connectivity index (χ0n) is 25.5. The predicted molar refractivity (Wildman–Crippen MR) is 161 cm³/mol. The van der Waals surface area contributed by atoms with Crippen LogP contribution < -0.4 is 4.74 Å². The Balaban J connectivity index is 2.28. The number of para-hydroxylation sites is 1. The van der Waals surface area contributed by atoms with Crippen LogP contribution in [0.15, 0.2) is 30.3 Å². The fourth-order valence-electron chi connectivity index (χ4n) is 4.62. The molecule has 1 N–H and O–H groups in total. The standard InChI is InChI=1S/C33H58O7/c1-3-5-6-7-8-9-10-11-12-13-14-15-16-17-21-24-33(32(34)35,40-31-22-19-18-20-23-31)39-30-29-38-28-27-37-26-25-36-4-2/h18-20,22-23H,3-17,21,24-30H2,1-2H3,(H,34,35). The maximum atomic E-state index is 12.4. The molecule has 1 aromatic carbocycles. The molecule has 1 aromatic rings. The summed E-state index contributed by atoms with van der Waals surface area (Å²) in [5.74, 6) is -2.36. The van der Waals surface area contributed by atoms with Gasteiger partial charge in [0.05, 0.1) is 39.6 Å². The van der Waals surface area contributed by atoms with Gasteiger partial charge in [0.25, 0.3) is 0 Å². The Bertz CT molecular complexity index is 685. The normalized spacial score (nSPS) is 12.8.